The molecule has 0 saturated carbocycles. The molecule has 0 spiro atoms. The minimum Gasteiger partial charge on any atom is -0.355 e. The molecule has 1 unspecified atom stereocenters. The molecule has 7 heteroatoms. The smallest absolute Gasteiger partial charge is 0.237 e. The highest BCUT2D eigenvalue weighted by atomic mass is 32.2. The minimum atomic E-state index is -0.245. The second-order valence-corrected chi connectivity index (χ2v) is 8.88. The zero-order valence-electron chi connectivity index (χ0n) is 14.0. The number of aryl methyl sites for hydroxylation is 1. The zero-order chi connectivity index (χ0) is 17.0. The fraction of sp³-hybridized carbons (Fsp3) is 0.438. The molecule has 5 nitrogen and oxygen atoms in total. The maximum atomic E-state index is 12.3. The molecule has 1 atom stereocenters. The normalized spacial score (nSPS) is 12.7. The molecule has 124 valence electrons. The number of hydrogen-bond acceptors (Lipinski definition) is 6. The number of hydrogen-bond donors (Lipinski definition) is 2. The van der Waals surface area contributed by atoms with Crippen LogP contribution in [0.1, 0.15) is 33.3 Å². The highest BCUT2D eigenvalue weighted by Gasteiger charge is 2.19. The van der Waals surface area contributed by atoms with E-state index in [1.54, 1.807) is 0 Å². The van der Waals surface area contributed by atoms with Crippen molar-refractivity contribution in [3.8, 4) is 0 Å². The van der Waals surface area contributed by atoms with Crippen LogP contribution in [-0.2, 0) is 4.79 Å². The maximum absolute atomic E-state index is 12.3. The summed E-state index contributed by atoms with van der Waals surface area (Å²) in [6.45, 7) is 10.1. The quantitative estimate of drug-likeness (QED) is 0.792. The van der Waals surface area contributed by atoms with E-state index >= 15 is 0 Å². The van der Waals surface area contributed by atoms with Crippen LogP contribution in [0.5, 0.6) is 0 Å². The number of anilines is 2. The van der Waals surface area contributed by atoms with Gasteiger partial charge in [0.1, 0.15) is 0 Å². The van der Waals surface area contributed by atoms with E-state index in [9.17, 15) is 4.79 Å². The number of amides is 1. The molecule has 0 bridgehead atoms. The fourth-order valence-corrected chi connectivity index (χ4v) is 3.89. The summed E-state index contributed by atoms with van der Waals surface area (Å²) < 4.78 is 0.782. The number of carbonyl (C=O) groups excluding carboxylic acids is 1. The molecule has 0 saturated heterocycles. The number of thioether (sulfide) groups is 1. The molecule has 0 aliphatic carbocycles. The molecule has 2 N–H and O–H groups in total. The van der Waals surface area contributed by atoms with Crippen molar-refractivity contribution < 1.29 is 4.79 Å². The first-order valence-electron chi connectivity index (χ1n) is 7.39. The topological polar surface area (TPSA) is 66.9 Å². The van der Waals surface area contributed by atoms with E-state index < -0.39 is 0 Å². The van der Waals surface area contributed by atoms with Crippen molar-refractivity contribution in [3.63, 3.8) is 0 Å². The molecule has 2 aromatic rings. The largest absolute Gasteiger partial charge is 0.355 e. The number of aromatic nitrogens is 2. The molecular weight excluding hydrogens is 328 g/mol. The summed E-state index contributed by atoms with van der Waals surface area (Å²) in [5.41, 5.74) is 1.83. The summed E-state index contributed by atoms with van der Waals surface area (Å²) in [6.07, 6.45) is 0. The molecule has 1 aromatic heterocycles. The summed E-state index contributed by atoms with van der Waals surface area (Å²) in [7, 11) is 0. The van der Waals surface area contributed by atoms with Gasteiger partial charge in [0.25, 0.3) is 0 Å². The van der Waals surface area contributed by atoms with Crippen LogP contribution in [-0.4, -0.2) is 26.9 Å². The number of para-hydroxylation sites is 1. The molecule has 0 radical (unpaired) electrons. The van der Waals surface area contributed by atoms with Crippen LogP contribution in [0.3, 0.4) is 0 Å². The monoisotopic (exact) mass is 350 g/mol. The number of nitrogens with zero attached hydrogens (tertiary/aromatic N) is 2. The third-order valence-electron chi connectivity index (χ3n) is 2.94. The van der Waals surface area contributed by atoms with Gasteiger partial charge in [-0.05, 0) is 46.2 Å². The second-order valence-electron chi connectivity index (χ2n) is 6.31. The van der Waals surface area contributed by atoms with Gasteiger partial charge in [0.2, 0.25) is 11.0 Å². The van der Waals surface area contributed by atoms with Gasteiger partial charge in [0.15, 0.2) is 4.34 Å². The molecule has 2 rings (SSSR count). The van der Waals surface area contributed by atoms with Gasteiger partial charge >= 0.3 is 0 Å². The first kappa shape index (κ1) is 17.7. The molecule has 1 heterocycles. The Hall–Kier alpha value is -1.60. The molecule has 0 aliphatic heterocycles. The van der Waals surface area contributed by atoms with Crippen LogP contribution < -0.4 is 10.6 Å². The minimum absolute atomic E-state index is 0.0372. The van der Waals surface area contributed by atoms with Crippen molar-refractivity contribution in [1.29, 1.82) is 0 Å². The highest BCUT2D eigenvalue weighted by Crippen LogP contribution is 2.30. The van der Waals surface area contributed by atoms with Gasteiger partial charge in [-0.2, -0.15) is 0 Å². The summed E-state index contributed by atoms with van der Waals surface area (Å²) in [5.74, 6) is -0.0372. The van der Waals surface area contributed by atoms with Gasteiger partial charge in [-0.15, -0.1) is 10.2 Å². The van der Waals surface area contributed by atoms with Crippen molar-refractivity contribution in [3.05, 3.63) is 29.8 Å². The van der Waals surface area contributed by atoms with Crippen LogP contribution >= 0.6 is 23.1 Å². The Morgan fingerprint density at radius 2 is 1.96 bits per heavy atom. The summed E-state index contributed by atoms with van der Waals surface area (Å²) in [6, 6.07) is 7.74. The van der Waals surface area contributed by atoms with Crippen LogP contribution in [0.2, 0.25) is 0 Å². The van der Waals surface area contributed by atoms with Crippen LogP contribution in [0.4, 0.5) is 10.8 Å². The Bertz CT molecular complexity index is 679. The van der Waals surface area contributed by atoms with E-state index in [0.29, 0.717) is 0 Å². The summed E-state index contributed by atoms with van der Waals surface area (Å²) in [5, 5.41) is 15.0. The lowest BCUT2D eigenvalue weighted by Crippen LogP contribution is -2.25. The Labute approximate surface area is 145 Å². The lowest BCUT2D eigenvalue weighted by atomic mass is 10.1. The van der Waals surface area contributed by atoms with Crippen LogP contribution in [0, 0.1) is 6.92 Å². The van der Waals surface area contributed by atoms with E-state index in [1.165, 1.54) is 23.1 Å². The molecular formula is C16H22N4OS2. The summed E-state index contributed by atoms with van der Waals surface area (Å²) >= 11 is 2.88. The van der Waals surface area contributed by atoms with Crippen LogP contribution in [0.15, 0.2) is 28.6 Å². The van der Waals surface area contributed by atoms with Gasteiger partial charge in [0, 0.05) is 11.2 Å². The lowest BCUT2D eigenvalue weighted by Gasteiger charge is -2.18. The van der Waals surface area contributed by atoms with E-state index in [2.05, 4.69) is 41.6 Å². The Morgan fingerprint density at radius 3 is 2.61 bits per heavy atom. The van der Waals surface area contributed by atoms with Crippen molar-refractivity contribution in [2.45, 2.75) is 49.7 Å². The predicted molar refractivity (Wildman–Crippen MR) is 98.4 cm³/mol. The van der Waals surface area contributed by atoms with E-state index in [-0.39, 0.29) is 16.7 Å². The van der Waals surface area contributed by atoms with E-state index in [4.69, 9.17) is 0 Å². The van der Waals surface area contributed by atoms with Crippen molar-refractivity contribution in [1.82, 2.24) is 10.2 Å². The molecule has 23 heavy (non-hydrogen) atoms. The predicted octanol–water partition coefficient (Wildman–Crippen LogP) is 4.18. The summed E-state index contributed by atoms with van der Waals surface area (Å²) in [4.78, 5) is 12.3. The number of nitrogens with one attached hydrogen (secondary N) is 2. The SMILES string of the molecule is Cc1ccccc1NC(=O)C(C)Sc1nnc(NC(C)(C)C)s1. The number of benzene rings is 1. The number of rotatable bonds is 5. The van der Waals surface area contributed by atoms with E-state index in [0.717, 1.165) is 20.7 Å². The molecule has 1 aromatic carbocycles. The van der Waals surface area contributed by atoms with Crippen molar-refractivity contribution >= 4 is 39.8 Å². The molecule has 0 aliphatic rings. The average Bonchev–Trinajstić information content (AvgIpc) is 2.86. The third-order valence-corrected chi connectivity index (χ3v) is 4.96. The first-order valence-corrected chi connectivity index (χ1v) is 9.09. The lowest BCUT2D eigenvalue weighted by molar-refractivity contribution is -0.115. The van der Waals surface area contributed by atoms with E-state index in [1.807, 2.05) is 38.1 Å². The maximum Gasteiger partial charge on any atom is 0.237 e. The number of carbonyl (C=O) groups is 1. The third kappa shape index (κ3) is 5.51. The van der Waals surface area contributed by atoms with Crippen molar-refractivity contribution in [2.24, 2.45) is 0 Å². The average molecular weight is 351 g/mol. The Morgan fingerprint density at radius 1 is 1.26 bits per heavy atom. The zero-order valence-corrected chi connectivity index (χ0v) is 15.6. The fourth-order valence-electron chi connectivity index (χ4n) is 1.78. The first-order chi connectivity index (χ1) is 10.7. The van der Waals surface area contributed by atoms with Gasteiger partial charge in [-0.3, -0.25) is 4.79 Å². The van der Waals surface area contributed by atoms with Crippen LogP contribution in [0.25, 0.3) is 0 Å². The second kappa shape index (κ2) is 7.31. The molecule has 1 amide bonds. The molecule has 0 fully saturated rings. The highest BCUT2D eigenvalue weighted by molar-refractivity contribution is 8.02. The standard InChI is InChI=1S/C16H22N4OS2/c1-10-8-6-7-9-12(10)17-13(21)11(2)22-15-20-19-14(23-15)18-16(3,4)5/h6-9,11H,1-5H3,(H,17,21)(H,18,19). The van der Waals surface area contributed by atoms with Crippen molar-refractivity contribution in [2.75, 3.05) is 10.6 Å². The van der Waals surface area contributed by atoms with Gasteiger partial charge in [-0.25, -0.2) is 0 Å². The van der Waals surface area contributed by atoms with Gasteiger partial charge < -0.3 is 10.6 Å². The van der Waals surface area contributed by atoms with Gasteiger partial charge in [0.05, 0.1) is 5.25 Å². The van der Waals surface area contributed by atoms with Gasteiger partial charge in [-0.1, -0.05) is 41.3 Å². The Kier molecular flexibility index (Phi) is 5.64. The Balaban J connectivity index is 1.95.